The average Bonchev–Trinajstić information content (AvgIpc) is 2.83. The van der Waals surface area contributed by atoms with Gasteiger partial charge in [-0.2, -0.15) is 0 Å². The topological polar surface area (TPSA) is 114 Å². The summed E-state index contributed by atoms with van der Waals surface area (Å²) < 4.78 is 15.6. The van der Waals surface area contributed by atoms with Crippen LogP contribution in [0, 0.1) is 0 Å². The smallest absolute Gasteiger partial charge is 0.306 e. The highest BCUT2D eigenvalue weighted by molar-refractivity contribution is 5.98. The molecule has 0 atom stereocenters. The fourth-order valence-corrected chi connectivity index (χ4v) is 3.31. The lowest BCUT2D eigenvalue weighted by Gasteiger charge is -2.28. The van der Waals surface area contributed by atoms with Gasteiger partial charge in [-0.05, 0) is 49.4 Å². The lowest BCUT2D eigenvalue weighted by Crippen LogP contribution is -2.36. The van der Waals surface area contributed by atoms with Gasteiger partial charge in [-0.1, -0.05) is 0 Å². The van der Waals surface area contributed by atoms with Gasteiger partial charge in [0.1, 0.15) is 0 Å². The number of morpholine rings is 1. The molecular formula is C24H28N2O7. The maximum Gasteiger partial charge on any atom is 0.306 e. The van der Waals surface area contributed by atoms with Crippen molar-refractivity contribution in [2.24, 2.45) is 0 Å². The maximum atomic E-state index is 12.3. The molecule has 0 aliphatic carbocycles. The average molecular weight is 456 g/mol. The van der Waals surface area contributed by atoms with Gasteiger partial charge in [0.25, 0.3) is 5.91 Å². The Morgan fingerprint density at radius 3 is 2.48 bits per heavy atom. The second kappa shape index (κ2) is 11.9. The molecule has 1 aliphatic heterocycles. The van der Waals surface area contributed by atoms with Crippen LogP contribution in [-0.2, 0) is 19.1 Å². The zero-order valence-electron chi connectivity index (χ0n) is 18.5. The molecule has 1 aliphatic rings. The number of aromatic hydroxyl groups is 1. The van der Waals surface area contributed by atoms with Crippen LogP contribution in [0.1, 0.15) is 30.1 Å². The van der Waals surface area contributed by atoms with Crippen molar-refractivity contribution < 1.29 is 33.7 Å². The first kappa shape index (κ1) is 24.1. The fraction of sp³-hybridized carbons (Fsp3) is 0.375. The molecule has 1 fully saturated rings. The van der Waals surface area contributed by atoms with E-state index >= 15 is 0 Å². The number of amides is 1. The molecule has 2 aromatic carbocycles. The third kappa shape index (κ3) is 7.21. The lowest BCUT2D eigenvalue weighted by atomic mass is 10.1. The largest absolute Gasteiger partial charge is 0.504 e. The van der Waals surface area contributed by atoms with Crippen LogP contribution in [0.3, 0.4) is 0 Å². The van der Waals surface area contributed by atoms with Crippen LogP contribution >= 0.6 is 0 Å². The van der Waals surface area contributed by atoms with Crippen molar-refractivity contribution in [3.63, 3.8) is 0 Å². The number of hydrogen-bond acceptors (Lipinski definition) is 8. The zero-order chi connectivity index (χ0) is 23.6. The molecule has 0 saturated carbocycles. The summed E-state index contributed by atoms with van der Waals surface area (Å²) in [6, 6.07) is 11.7. The molecule has 33 heavy (non-hydrogen) atoms. The predicted molar refractivity (Wildman–Crippen MR) is 122 cm³/mol. The Morgan fingerprint density at radius 2 is 1.79 bits per heavy atom. The number of benzene rings is 2. The molecule has 176 valence electrons. The van der Waals surface area contributed by atoms with E-state index in [2.05, 4.69) is 10.2 Å². The van der Waals surface area contributed by atoms with Crippen LogP contribution < -0.4 is 15.0 Å². The molecule has 0 bridgehead atoms. The molecule has 9 nitrogen and oxygen atoms in total. The monoisotopic (exact) mass is 456 g/mol. The molecule has 0 radical (unpaired) electrons. The number of nitrogens with one attached hydrogen (secondary N) is 1. The maximum absolute atomic E-state index is 12.3. The first-order valence-corrected chi connectivity index (χ1v) is 10.8. The number of ether oxygens (including phenoxy) is 3. The summed E-state index contributed by atoms with van der Waals surface area (Å²) in [7, 11) is 0. The third-order valence-corrected chi connectivity index (χ3v) is 5.03. The normalized spacial score (nSPS) is 13.3. The first-order chi connectivity index (χ1) is 16.0. The number of carbonyl (C=O) groups excluding carboxylic acids is 3. The van der Waals surface area contributed by atoms with E-state index in [1.807, 2.05) is 12.1 Å². The number of phenolic OH excluding ortho intramolecular Hbond substituents is 1. The summed E-state index contributed by atoms with van der Waals surface area (Å²) in [6.45, 7) is 4.71. The summed E-state index contributed by atoms with van der Waals surface area (Å²) in [5, 5.41) is 12.4. The van der Waals surface area contributed by atoms with Gasteiger partial charge in [0.05, 0.1) is 26.2 Å². The van der Waals surface area contributed by atoms with E-state index in [0.717, 1.165) is 18.8 Å². The zero-order valence-corrected chi connectivity index (χ0v) is 18.5. The summed E-state index contributed by atoms with van der Waals surface area (Å²) in [4.78, 5) is 38.5. The Bertz CT molecular complexity index is 969. The van der Waals surface area contributed by atoms with Crippen molar-refractivity contribution in [1.82, 2.24) is 0 Å². The Morgan fingerprint density at radius 1 is 1.06 bits per heavy atom. The standard InChI is InChI=1S/C24H28N2O7/c1-2-32-22-15-17(3-8-21(22)28)20(27)9-10-24(30)33-16-23(29)25-18-4-6-19(7-5-18)26-11-13-31-14-12-26/h3-8,15,28H,2,9-14,16H2,1H3,(H,25,29). The number of carbonyl (C=O) groups is 3. The highest BCUT2D eigenvalue weighted by Gasteiger charge is 2.15. The molecule has 3 rings (SSSR count). The number of phenols is 1. The van der Waals surface area contributed by atoms with E-state index in [-0.39, 0.29) is 30.1 Å². The Kier molecular flexibility index (Phi) is 8.65. The Hall–Kier alpha value is -3.59. The van der Waals surface area contributed by atoms with Crippen molar-refractivity contribution in [2.45, 2.75) is 19.8 Å². The highest BCUT2D eigenvalue weighted by atomic mass is 16.5. The van der Waals surface area contributed by atoms with Gasteiger partial charge in [-0.25, -0.2) is 0 Å². The summed E-state index contributed by atoms with van der Waals surface area (Å²) in [6.07, 6.45) is -0.245. The Balaban J connectivity index is 1.40. The van der Waals surface area contributed by atoms with Crippen molar-refractivity contribution in [3.8, 4) is 11.5 Å². The molecule has 0 spiro atoms. The minimum atomic E-state index is -0.648. The molecule has 1 amide bonds. The minimum absolute atomic E-state index is 0.0606. The lowest BCUT2D eigenvalue weighted by molar-refractivity contribution is -0.147. The van der Waals surface area contributed by atoms with Crippen molar-refractivity contribution in [3.05, 3.63) is 48.0 Å². The van der Waals surface area contributed by atoms with Crippen LogP contribution in [0.2, 0.25) is 0 Å². The minimum Gasteiger partial charge on any atom is -0.504 e. The number of anilines is 2. The number of Topliss-reactive ketones (excluding diaryl/α,β-unsaturated/α-hetero) is 1. The molecule has 2 N–H and O–H groups in total. The molecule has 1 heterocycles. The first-order valence-electron chi connectivity index (χ1n) is 10.8. The quantitative estimate of drug-likeness (QED) is 0.414. The van der Waals surface area contributed by atoms with Crippen LogP contribution in [-0.4, -0.2) is 62.3 Å². The molecule has 0 aromatic heterocycles. The van der Waals surface area contributed by atoms with Crippen molar-refractivity contribution >= 4 is 29.0 Å². The molecule has 1 saturated heterocycles. The van der Waals surface area contributed by atoms with E-state index < -0.39 is 18.5 Å². The number of ketones is 1. The SMILES string of the molecule is CCOc1cc(C(=O)CCC(=O)OCC(=O)Nc2ccc(N3CCOCC3)cc2)ccc1O. The number of nitrogens with zero attached hydrogens (tertiary/aromatic N) is 1. The van der Waals surface area contributed by atoms with Crippen LogP contribution in [0.15, 0.2) is 42.5 Å². The second-order valence-electron chi connectivity index (χ2n) is 7.39. The number of esters is 1. The van der Waals surface area contributed by atoms with Gasteiger partial charge in [0, 0.05) is 36.4 Å². The van der Waals surface area contributed by atoms with Crippen LogP contribution in [0.25, 0.3) is 0 Å². The summed E-state index contributed by atoms with van der Waals surface area (Å²) in [5.41, 5.74) is 1.97. The summed E-state index contributed by atoms with van der Waals surface area (Å²) in [5.74, 6) is -1.26. The third-order valence-electron chi connectivity index (χ3n) is 5.03. The molecule has 0 unspecified atom stereocenters. The van der Waals surface area contributed by atoms with Gasteiger partial charge >= 0.3 is 5.97 Å². The number of rotatable bonds is 10. The number of hydrogen-bond donors (Lipinski definition) is 2. The van der Waals surface area contributed by atoms with E-state index in [4.69, 9.17) is 14.2 Å². The van der Waals surface area contributed by atoms with Gasteiger partial charge in [0.15, 0.2) is 23.9 Å². The van der Waals surface area contributed by atoms with Crippen molar-refractivity contribution in [1.29, 1.82) is 0 Å². The molecular weight excluding hydrogens is 428 g/mol. The van der Waals surface area contributed by atoms with E-state index in [9.17, 15) is 19.5 Å². The molecule has 9 heteroatoms. The highest BCUT2D eigenvalue weighted by Crippen LogP contribution is 2.27. The van der Waals surface area contributed by atoms with Gasteiger partial charge in [-0.15, -0.1) is 0 Å². The van der Waals surface area contributed by atoms with Crippen LogP contribution in [0.5, 0.6) is 11.5 Å². The Labute approximate surface area is 192 Å². The molecule has 2 aromatic rings. The van der Waals surface area contributed by atoms with Gasteiger partial charge in [0.2, 0.25) is 0 Å². The second-order valence-corrected chi connectivity index (χ2v) is 7.39. The van der Waals surface area contributed by atoms with Crippen molar-refractivity contribution in [2.75, 3.05) is 49.7 Å². The van der Waals surface area contributed by atoms with E-state index in [1.54, 1.807) is 19.1 Å². The van der Waals surface area contributed by atoms with E-state index in [0.29, 0.717) is 31.1 Å². The van der Waals surface area contributed by atoms with Gasteiger partial charge in [-0.3, -0.25) is 14.4 Å². The van der Waals surface area contributed by atoms with E-state index in [1.165, 1.54) is 18.2 Å². The summed E-state index contributed by atoms with van der Waals surface area (Å²) >= 11 is 0. The van der Waals surface area contributed by atoms with Gasteiger partial charge < -0.3 is 29.5 Å². The predicted octanol–water partition coefficient (Wildman–Crippen LogP) is 2.77. The van der Waals surface area contributed by atoms with Crippen LogP contribution in [0.4, 0.5) is 11.4 Å². The fourth-order valence-electron chi connectivity index (χ4n) is 3.31.